The van der Waals surface area contributed by atoms with Crippen LogP contribution < -0.4 is 4.90 Å². The summed E-state index contributed by atoms with van der Waals surface area (Å²) < 4.78 is 0. The van der Waals surface area contributed by atoms with Gasteiger partial charge in [-0.2, -0.15) is 0 Å². The van der Waals surface area contributed by atoms with Crippen LogP contribution in [0.3, 0.4) is 0 Å². The van der Waals surface area contributed by atoms with E-state index in [1.807, 2.05) is 6.07 Å². The summed E-state index contributed by atoms with van der Waals surface area (Å²) in [5, 5.41) is 0. The van der Waals surface area contributed by atoms with Crippen molar-refractivity contribution in [3.8, 4) is 0 Å². The van der Waals surface area contributed by atoms with Gasteiger partial charge in [0.1, 0.15) is 0 Å². The highest BCUT2D eigenvalue weighted by molar-refractivity contribution is 6.28. The lowest BCUT2D eigenvalue weighted by Gasteiger charge is -2.12. The molecule has 76 valence electrons. The van der Waals surface area contributed by atoms with Gasteiger partial charge in [-0.15, -0.1) is 13.2 Å². The van der Waals surface area contributed by atoms with Gasteiger partial charge in [0.15, 0.2) is 0 Å². The monoisotopic (exact) mass is 201 g/mol. The molecule has 0 bridgehead atoms. The summed E-state index contributed by atoms with van der Waals surface area (Å²) in [5.41, 5.74) is 0.613. The number of hydrogen-bond donors (Lipinski definition) is 0. The number of benzene rings is 1. The minimum Gasteiger partial charge on any atom is -0.269 e. The first-order valence-corrected chi connectivity index (χ1v) is 4.40. The fourth-order valence-corrected chi connectivity index (χ4v) is 1.23. The van der Waals surface area contributed by atoms with E-state index in [-0.39, 0.29) is 11.8 Å². The Labute approximate surface area is 88.3 Å². The summed E-state index contributed by atoms with van der Waals surface area (Å²) in [6, 6.07) is 8.86. The lowest BCUT2D eigenvalue weighted by atomic mass is 10.3. The smallest absolute Gasteiger partial charge is 0.258 e. The average Bonchev–Trinajstić information content (AvgIpc) is 2.63. The topological polar surface area (TPSA) is 37.4 Å². The van der Waals surface area contributed by atoms with Gasteiger partial charge in [-0.25, -0.2) is 4.90 Å². The van der Waals surface area contributed by atoms with Crippen LogP contribution in [0.25, 0.3) is 0 Å². The molecule has 1 aromatic carbocycles. The van der Waals surface area contributed by atoms with Gasteiger partial charge in [-0.05, 0) is 12.1 Å². The van der Waals surface area contributed by atoms with Gasteiger partial charge in [0.05, 0.1) is 5.69 Å². The largest absolute Gasteiger partial charge is 0.269 e. The fraction of sp³-hybridized carbons (Fsp3) is 0. The van der Waals surface area contributed by atoms with Crippen molar-refractivity contribution in [2.75, 3.05) is 4.90 Å². The van der Waals surface area contributed by atoms with E-state index < -0.39 is 0 Å². The Morgan fingerprint density at radius 2 is 1.33 bits per heavy atom. The van der Waals surface area contributed by atoms with E-state index >= 15 is 0 Å². The highest BCUT2D eigenvalue weighted by Crippen LogP contribution is 2.17. The molecule has 0 N–H and O–H groups in total. The van der Waals surface area contributed by atoms with Crippen molar-refractivity contribution in [2.45, 2.75) is 0 Å². The minimum absolute atomic E-state index is 0.281. The molecule has 2 rings (SSSR count). The van der Waals surface area contributed by atoms with Gasteiger partial charge in [-0.1, -0.05) is 18.2 Å². The van der Waals surface area contributed by atoms with Crippen molar-refractivity contribution in [3.63, 3.8) is 0 Å². The summed E-state index contributed by atoms with van der Waals surface area (Å²) >= 11 is 0. The molecule has 0 fully saturated rings. The zero-order valence-electron chi connectivity index (χ0n) is 8.22. The predicted octanol–water partition coefficient (Wildman–Crippen LogP) is 1.92. The Balaban J connectivity index is 0.000000531. The van der Waals surface area contributed by atoms with Gasteiger partial charge < -0.3 is 0 Å². The Hall–Kier alpha value is -2.16. The molecule has 1 heterocycles. The SMILES string of the molecule is C=C.O=C1C=CC(=O)N1c1ccccc1. The van der Waals surface area contributed by atoms with E-state index in [9.17, 15) is 9.59 Å². The van der Waals surface area contributed by atoms with Gasteiger partial charge in [-0.3, -0.25) is 9.59 Å². The van der Waals surface area contributed by atoms with E-state index in [0.29, 0.717) is 5.69 Å². The van der Waals surface area contributed by atoms with Crippen molar-refractivity contribution >= 4 is 17.5 Å². The van der Waals surface area contributed by atoms with Gasteiger partial charge >= 0.3 is 0 Å². The van der Waals surface area contributed by atoms with Crippen molar-refractivity contribution in [1.29, 1.82) is 0 Å². The number of nitrogens with zero attached hydrogens (tertiary/aromatic N) is 1. The highest BCUT2D eigenvalue weighted by Gasteiger charge is 2.24. The van der Waals surface area contributed by atoms with Crippen LogP contribution in [0.2, 0.25) is 0 Å². The highest BCUT2D eigenvalue weighted by atomic mass is 16.2. The molecular formula is C12H11NO2. The molecule has 1 aliphatic rings. The maximum atomic E-state index is 11.2. The van der Waals surface area contributed by atoms with Gasteiger partial charge in [0.25, 0.3) is 11.8 Å². The second-order valence-corrected chi connectivity index (χ2v) is 2.68. The number of carbonyl (C=O) groups is 2. The number of amides is 2. The standard InChI is InChI=1S/C10H7NO2.C2H4/c12-9-6-7-10(13)11(9)8-4-2-1-3-5-8;1-2/h1-7H;1-2H2. The number of anilines is 1. The molecule has 3 nitrogen and oxygen atoms in total. The van der Waals surface area contributed by atoms with Crippen molar-refractivity contribution in [1.82, 2.24) is 0 Å². The quantitative estimate of drug-likeness (QED) is 0.514. The second-order valence-electron chi connectivity index (χ2n) is 2.68. The van der Waals surface area contributed by atoms with E-state index in [4.69, 9.17) is 0 Å². The molecule has 0 radical (unpaired) electrons. The van der Waals surface area contributed by atoms with Crippen LogP contribution in [0.1, 0.15) is 0 Å². The molecule has 3 heteroatoms. The van der Waals surface area contributed by atoms with Crippen LogP contribution in [-0.2, 0) is 9.59 Å². The maximum Gasteiger partial charge on any atom is 0.258 e. The maximum absolute atomic E-state index is 11.2. The van der Waals surface area contributed by atoms with E-state index in [0.717, 1.165) is 4.90 Å². The predicted molar refractivity (Wildman–Crippen MR) is 59.3 cm³/mol. The molecule has 0 spiro atoms. The van der Waals surface area contributed by atoms with E-state index in [2.05, 4.69) is 13.2 Å². The number of para-hydroxylation sites is 1. The number of carbonyl (C=O) groups excluding carboxylic acids is 2. The minimum atomic E-state index is -0.281. The van der Waals surface area contributed by atoms with Crippen molar-refractivity contribution < 1.29 is 9.59 Å². The third-order valence-corrected chi connectivity index (χ3v) is 1.82. The molecule has 1 aromatic rings. The molecule has 0 unspecified atom stereocenters. The molecule has 0 saturated heterocycles. The Bertz CT molecular complexity index is 377. The van der Waals surface area contributed by atoms with Crippen LogP contribution in [0.4, 0.5) is 5.69 Å². The van der Waals surface area contributed by atoms with E-state index in [1.165, 1.54) is 12.2 Å². The summed E-state index contributed by atoms with van der Waals surface area (Å²) in [5.74, 6) is -0.563. The first-order chi connectivity index (χ1) is 7.29. The third kappa shape index (κ3) is 2.20. The van der Waals surface area contributed by atoms with Crippen LogP contribution in [-0.4, -0.2) is 11.8 Å². The molecule has 2 amide bonds. The van der Waals surface area contributed by atoms with Gasteiger partial charge in [0, 0.05) is 12.2 Å². The number of rotatable bonds is 1. The lowest BCUT2D eigenvalue weighted by molar-refractivity contribution is -0.119. The molecule has 0 atom stereocenters. The second kappa shape index (κ2) is 4.91. The van der Waals surface area contributed by atoms with Crippen molar-refractivity contribution in [3.05, 3.63) is 55.6 Å². The normalized spacial score (nSPS) is 13.7. The van der Waals surface area contributed by atoms with Crippen LogP contribution in [0.5, 0.6) is 0 Å². The zero-order valence-corrected chi connectivity index (χ0v) is 8.22. The van der Waals surface area contributed by atoms with Crippen LogP contribution in [0, 0.1) is 0 Å². The van der Waals surface area contributed by atoms with E-state index in [1.54, 1.807) is 24.3 Å². The summed E-state index contributed by atoms with van der Waals surface area (Å²) in [6.07, 6.45) is 2.55. The third-order valence-electron chi connectivity index (χ3n) is 1.82. The number of hydrogen-bond acceptors (Lipinski definition) is 2. The van der Waals surface area contributed by atoms with Gasteiger partial charge in [0.2, 0.25) is 0 Å². The molecule has 0 aromatic heterocycles. The van der Waals surface area contributed by atoms with Crippen molar-refractivity contribution in [2.24, 2.45) is 0 Å². The Morgan fingerprint density at radius 3 is 1.80 bits per heavy atom. The summed E-state index contributed by atoms with van der Waals surface area (Å²) in [7, 11) is 0. The zero-order chi connectivity index (χ0) is 11.3. The molecule has 0 aliphatic carbocycles. The fourth-order valence-electron chi connectivity index (χ4n) is 1.23. The molecule has 15 heavy (non-hydrogen) atoms. The Kier molecular flexibility index (Phi) is 3.57. The molecular weight excluding hydrogens is 190 g/mol. The summed E-state index contributed by atoms with van der Waals surface area (Å²) in [6.45, 7) is 6.00. The number of imide groups is 1. The molecule has 1 aliphatic heterocycles. The average molecular weight is 201 g/mol. The Morgan fingerprint density at radius 1 is 0.867 bits per heavy atom. The van der Waals surface area contributed by atoms with Crippen LogP contribution >= 0.6 is 0 Å². The lowest BCUT2D eigenvalue weighted by Crippen LogP contribution is -2.29. The first kappa shape index (κ1) is 10.9. The van der Waals surface area contributed by atoms with Crippen LogP contribution in [0.15, 0.2) is 55.6 Å². The summed E-state index contributed by atoms with van der Waals surface area (Å²) in [4.78, 5) is 23.5. The first-order valence-electron chi connectivity index (χ1n) is 4.40. The molecule has 0 saturated carbocycles.